The molecule has 0 saturated heterocycles. The van der Waals surface area contributed by atoms with E-state index < -0.39 is 35.0 Å². The van der Waals surface area contributed by atoms with Crippen molar-refractivity contribution < 1.29 is 22.8 Å². The Hall–Kier alpha value is -3.33. The van der Waals surface area contributed by atoms with E-state index in [4.69, 9.17) is 11.6 Å². The largest absolute Gasteiger partial charge is 0.323 e. The number of rotatable bonds is 5. The number of halogens is 4. The summed E-state index contributed by atoms with van der Waals surface area (Å²) < 4.78 is 41.3. The third-order valence-electron chi connectivity index (χ3n) is 4.52. The number of nitrogens with zero attached hydrogens (tertiary/aromatic N) is 2. The van der Waals surface area contributed by atoms with Crippen LogP contribution in [0.15, 0.2) is 36.4 Å². The predicted octanol–water partition coefficient (Wildman–Crippen LogP) is 5.02. The topological polar surface area (TPSA) is 76.0 Å². The lowest BCUT2D eigenvalue weighted by Crippen LogP contribution is -2.25. The molecule has 0 spiro atoms. The summed E-state index contributed by atoms with van der Waals surface area (Å²) in [5.41, 5.74) is 1.74. The fourth-order valence-corrected chi connectivity index (χ4v) is 3.20. The van der Waals surface area contributed by atoms with Crippen molar-refractivity contribution in [2.24, 2.45) is 0 Å². The van der Waals surface area contributed by atoms with Crippen LogP contribution in [0.1, 0.15) is 34.7 Å². The third kappa shape index (κ3) is 4.88. The van der Waals surface area contributed by atoms with E-state index in [1.54, 1.807) is 11.6 Å². The van der Waals surface area contributed by atoms with E-state index >= 15 is 0 Å². The van der Waals surface area contributed by atoms with Gasteiger partial charge in [0.25, 0.3) is 5.91 Å². The number of benzene rings is 2. The molecule has 0 bridgehead atoms. The second-order valence-electron chi connectivity index (χ2n) is 6.94. The van der Waals surface area contributed by atoms with Crippen molar-refractivity contribution in [3.8, 4) is 0 Å². The van der Waals surface area contributed by atoms with E-state index in [0.29, 0.717) is 17.8 Å². The monoisotopic (exact) mass is 450 g/mol. The second-order valence-corrected chi connectivity index (χ2v) is 7.35. The number of amides is 2. The third-order valence-corrected chi connectivity index (χ3v) is 4.83. The molecule has 1 atom stereocenters. The zero-order valence-corrected chi connectivity index (χ0v) is 17.5. The smallest absolute Gasteiger partial charge is 0.255 e. The zero-order valence-electron chi connectivity index (χ0n) is 16.8. The summed E-state index contributed by atoms with van der Waals surface area (Å²) in [6.07, 6.45) is 0. The van der Waals surface area contributed by atoms with Gasteiger partial charge < -0.3 is 10.6 Å². The van der Waals surface area contributed by atoms with Crippen LogP contribution in [0.4, 0.5) is 24.5 Å². The molecule has 6 nitrogen and oxygen atoms in total. The highest BCUT2D eigenvalue weighted by Crippen LogP contribution is 2.27. The maximum Gasteiger partial charge on any atom is 0.255 e. The first-order valence-corrected chi connectivity index (χ1v) is 9.53. The Bertz CT molecular complexity index is 1160. The minimum absolute atomic E-state index is 0.128. The summed E-state index contributed by atoms with van der Waals surface area (Å²) >= 11 is 6.20. The quantitative estimate of drug-likeness (QED) is 0.536. The molecule has 2 N–H and O–H groups in total. The van der Waals surface area contributed by atoms with Crippen molar-refractivity contribution in [2.45, 2.75) is 26.8 Å². The average molecular weight is 451 g/mol. The van der Waals surface area contributed by atoms with Gasteiger partial charge >= 0.3 is 0 Å². The van der Waals surface area contributed by atoms with E-state index in [1.165, 1.54) is 18.2 Å². The molecule has 1 unspecified atom stereocenters. The molecular weight excluding hydrogens is 433 g/mol. The standard InChI is InChI=1S/C21H18ClF3N4O2/c1-10-6-11(2)29(28-10)12(3)20(30)27-18-5-4-14(9-15(18)22)26-21(31)13-7-16(23)19(25)17(24)8-13/h4-9,12H,1-3H3,(H,26,31)(H,27,30). The molecule has 0 aliphatic carbocycles. The molecule has 2 aromatic carbocycles. The summed E-state index contributed by atoms with van der Waals surface area (Å²) in [5.74, 6) is -5.81. The lowest BCUT2D eigenvalue weighted by molar-refractivity contribution is -0.119. The molecule has 2 amide bonds. The van der Waals surface area contributed by atoms with Crippen molar-refractivity contribution in [3.05, 3.63) is 75.8 Å². The first-order valence-electron chi connectivity index (χ1n) is 9.16. The van der Waals surface area contributed by atoms with Gasteiger partial charge in [-0.3, -0.25) is 14.3 Å². The van der Waals surface area contributed by atoms with Gasteiger partial charge in [0.15, 0.2) is 17.5 Å². The van der Waals surface area contributed by atoms with Gasteiger partial charge in [-0.1, -0.05) is 11.6 Å². The van der Waals surface area contributed by atoms with E-state index in [9.17, 15) is 22.8 Å². The SMILES string of the molecule is Cc1cc(C)n(C(C)C(=O)Nc2ccc(NC(=O)c3cc(F)c(F)c(F)c3)cc2Cl)n1. The Kier molecular flexibility index (Phi) is 6.35. The molecule has 0 aliphatic rings. The Morgan fingerprint density at radius 3 is 2.23 bits per heavy atom. The molecule has 0 radical (unpaired) electrons. The molecule has 10 heteroatoms. The minimum atomic E-state index is -1.66. The number of carbonyl (C=O) groups is 2. The van der Waals surface area contributed by atoms with Gasteiger partial charge in [-0.05, 0) is 57.2 Å². The van der Waals surface area contributed by atoms with E-state index in [2.05, 4.69) is 15.7 Å². The fraction of sp³-hybridized carbons (Fsp3) is 0.190. The van der Waals surface area contributed by atoms with Crippen LogP contribution >= 0.6 is 11.6 Å². The molecule has 31 heavy (non-hydrogen) atoms. The Labute approximate surface area is 181 Å². The number of hydrogen-bond acceptors (Lipinski definition) is 3. The van der Waals surface area contributed by atoms with E-state index in [0.717, 1.165) is 11.4 Å². The summed E-state index contributed by atoms with van der Waals surface area (Å²) in [5, 5.41) is 9.51. The minimum Gasteiger partial charge on any atom is -0.323 e. The lowest BCUT2D eigenvalue weighted by Gasteiger charge is -2.16. The average Bonchev–Trinajstić information content (AvgIpc) is 3.04. The maximum atomic E-state index is 13.3. The summed E-state index contributed by atoms with van der Waals surface area (Å²) in [6, 6.07) is 6.72. The Morgan fingerprint density at radius 2 is 1.68 bits per heavy atom. The van der Waals surface area contributed by atoms with Crippen molar-refractivity contribution in [1.29, 1.82) is 0 Å². The highest BCUT2D eigenvalue weighted by Gasteiger charge is 2.19. The number of aryl methyl sites for hydroxylation is 2. The van der Waals surface area contributed by atoms with Gasteiger partial charge in [0.05, 0.1) is 16.4 Å². The van der Waals surface area contributed by atoms with Crippen LogP contribution in [0.25, 0.3) is 0 Å². The normalized spacial score (nSPS) is 11.8. The van der Waals surface area contributed by atoms with Crippen LogP contribution in [-0.2, 0) is 4.79 Å². The van der Waals surface area contributed by atoms with Gasteiger partial charge in [0.2, 0.25) is 5.91 Å². The van der Waals surface area contributed by atoms with Crippen LogP contribution < -0.4 is 10.6 Å². The second kappa shape index (κ2) is 8.81. The van der Waals surface area contributed by atoms with Crippen LogP contribution in [0, 0.1) is 31.3 Å². The highest BCUT2D eigenvalue weighted by molar-refractivity contribution is 6.34. The first kappa shape index (κ1) is 22.4. The van der Waals surface area contributed by atoms with Gasteiger partial charge in [-0.25, -0.2) is 13.2 Å². The number of hydrogen-bond donors (Lipinski definition) is 2. The van der Waals surface area contributed by atoms with Crippen molar-refractivity contribution in [2.75, 3.05) is 10.6 Å². The van der Waals surface area contributed by atoms with Crippen LogP contribution in [0.5, 0.6) is 0 Å². The van der Waals surface area contributed by atoms with Crippen LogP contribution in [0.3, 0.4) is 0 Å². The van der Waals surface area contributed by atoms with E-state index in [1.807, 2.05) is 19.9 Å². The Morgan fingerprint density at radius 1 is 1.03 bits per heavy atom. The van der Waals surface area contributed by atoms with Gasteiger partial charge in [-0.15, -0.1) is 0 Å². The Balaban J connectivity index is 1.72. The highest BCUT2D eigenvalue weighted by atomic mass is 35.5. The zero-order chi connectivity index (χ0) is 22.9. The molecule has 162 valence electrons. The van der Waals surface area contributed by atoms with Crippen molar-refractivity contribution in [1.82, 2.24) is 9.78 Å². The van der Waals surface area contributed by atoms with Gasteiger partial charge in [-0.2, -0.15) is 5.10 Å². The lowest BCUT2D eigenvalue weighted by atomic mass is 10.2. The fourth-order valence-electron chi connectivity index (χ4n) is 2.97. The molecule has 3 aromatic rings. The molecule has 0 fully saturated rings. The number of aromatic nitrogens is 2. The molecular formula is C21H18ClF3N4O2. The molecule has 0 saturated carbocycles. The van der Waals surface area contributed by atoms with Gasteiger partial charge in [0.1, 0.15) is 6.04 Å². The molecule has 3 rings (SSSR count). The number of nitrogens with one attached hydrogen (secondary N) is 2. The predicted molar refractivity (Wildman–Crippen MR) is 111 cm³/mol. The number of anilines is 2. The molecule has 1 aromatic heterocycles. The van der Waals surface area contributed by atoms with E-state index in [-0.39, 0.29) is 16.6 Å². The summed E-state index contributed by atoms with van der Waals surface area (Å²) in [7, 11) is 0. The maximum absolute atomic E-state index is 13.3. The first-order chi connectivity index (χ1) is 14.6. The molecule has 1 heterocycles. The van der Waals surface area contributed by atoms with Crippen LogP contribution in [-0.4, -0.2) is 21.6 Å². The van der Waals surface area contributed by atoms with Crippen molar-refractivity contribution in [3.63, 3.8) is 0 Å². The molecule has 0 aliphatic heterocycles. The summed E-state index contributed by atoms with van der Waals surface area (Å²) in [4.78, 5) is 24.8. The van der Waals surface area contributed by atoms with Crippen LogP contribution in [0.2, 0.25) is 5.02 Å². The van der Waals surface area contributed by atoms with Crippen molar-refractivity contribution >= 4 is 34.8 Å². The summed E-state index contributed by atoms with van der Waals surface area (Å²) in [6.45, 7) is 5.36. The number of carbonyl (C=O) groups excluding carboxylic acids is 2. The van der Waals surface area contributed by atoms with Gasteiger partial charge in [0, 0.05) is 16.9 Å².